The predicted octanol–water partition coefficient (Wildman–Crippen LogP) is 4.95. The number of urea groups is 1. The molecule has 3 unspecified atom stereocenters. The molecule has 0 aliphatic carbocycles. The number of primary amides is 1. The number of nitrogens with one attached hydrogen (secondary N) is 4. The number of unbranched alkanes of at least 4 members (excludes halogenated alkanes) is 1. The number of thiazole rings is 1. The van der Waals surface area contributed by atoms with Gasteiger partial charge in [0.25, 0.3) is 11.8 Å². The van der Waals surface area contributed by atoms with Gasteiger partial charge in [-0.25, -0.2) is 9.78 Å². The molecule has 3 saturated heterocycles. The van der Waals surface area contributed by atoms with E-state index < -0.39 is 0 Å². The van der Waals surface area contributed by atoms with Crippen LogP contribution in [0, 0.1) is 6.92 Å². The Kier molecular flexibility index (Phi) is 25.8. The minimum Gasteiger partial charge on any atom is -0.496 e. The van der Waals surface area contributed by atoms with Crippen LogP contribution in [0.25, 0.3) is 0 Å². The Morgan fingerprint density at radius 2 is 1.54 bits per heavy atom. The summed E-state index contributed by atoms with van der Waals surface area (Å²) < 4.78 is 27.8. The zero-order valence-electron chi connectivity index (χ0n) is 43.0. The highest BCUT2D eigenvalue weighted by Crippen LogP contribution is 2.39. The first-order chi connectivity index (χ1) is 35.8. The molecule has 3 aliphatic heterocycles. The van der Waals surface area contributed by atoms with Crippen molar-refractivity contribution in [3.05, 3.63) is 71.9 Å². The summed E-state index contributed by atoms with van der Waals surface area (Å²) >= 11 is 4.75. The molecule has 74 heavy (non-hydrogen) atoms. The second-order valence-corrected chi connectivity index (χ2v) is 20.9. The molecule has 6 rings (SSSR count). The molecule has 4 heterocycles. The second kappa shape index (κ2) is 32.1. The van der Waals surface area contributed by atoms with Crippen molar-refractivity contribution in [1.29, 1.82) is 0 Å². The minimum atomic E-state index is -0.378. The number of carbonyl (C=O) groups is 6. The Labute approximate surface area is 446 Å². The monoisotopic (exact) mass is 1080 g/mol. The number of piperazine rings is 1. The van der Waals surface area contributed by atoms with Crippen LogP contribution in [0.4, 0.5) is 15.6 Å². The van der Waals surface area contributed by atoms with Gasteiger partial charge in [0.05, 0.1) is 88.0 Å². The van der Waals surface area contributed by atoms with Crippen molar-refractivity contribution in [3.8, 4) is 5.75 Å². The summed E-state index contributed by atoms with van der Waals surface area (Å²) in [5, 5.41) is 12.6. The van der Waals surface area contributed by atoms with Crippen molar-refractivity contribution < 1.29 is 52.5 Å². The third-order valence-electron chi connectivity index (χ3n) is 12.2. The van der Waals surface area contributed by atoms with E-state index in [-0.39, 0.29) is 54.1 Å². The fourth-order valence-electron chi connectivity index (χ4n) is 8.15. The zero-order chi connectivity index (χ0) is 53.2. The number of rotatable bonds is 30. The van der Waals surface area contributed by atoms with Gasteiger partial charge in [0.2, 0.25) is 17.7 Å². The number of ether oxygens (including phenoxy) is 5. The number of thioether (sulfide) groups is 1. The number of carbonyl (C=O) groups excluding carboxylic acids is 6. The highest BCUT2D eigenvalue weighted by atomic mass is 32.2. The quantitative estimate of drug-likeness (QED) is 0.0337. The van der Waals surface area contributed by atoms with E-state index in [0.717, 1.165) is 58.5 Å². The molecule has 7 amide bonds. The first-order valence-electron chi connectivity index (χ1n) is 25.1. The van der Waals surface area contributed by atoms with E-state index >= 15 is 0 Å². The topological polar surface area (TPSA) is 245 Å². The van der Waals surface area contributed by atoms with E-state index in [2.05, 4.69) is 51.6 Å². The molecule has 406 valence electrons. The van der Waals surface area contributed by atoms with Crippen LogP contribution in [0.1, 0.15) is 72.2 Å². The lowest BCUT2D eigenvalue weighted by Crippen LogP contribution is -2.50. The van der Waals surface area contributed by atoms with Gasteiger partial charge in [0, 0.05) is 85.8 Å². The van der Waals surface area contributed by atoms with Gasteiger partial charge in [0.1, 0.15) is 5.75 Å². The highest BCUT2D eigenvalue weighted by molar-refractivity contribution is 8.01. The van der Waals surface area contributed by atoms with Gasteiger partial charge >= 0.3 is 6.03 Å². The third-order valence-corrected chi connectivity index (χ3v) is 15.9. The Morgan fingerprint density at radius 3 is 2.18 bits per heavy atom. The summed E-state index contributed by atoms with van der Waals surface area (Å²) in [5.74, 6) is 0.645. The largest absolute Gasteiger partial charge is 0.496 e. The second-order valence-electron chi connectivity index (χ2n) is 17.3. The molecule has 3 atom stereocenters. The van der Waals surface area contributed by atoms with Gasteiger partial charge in [-0.05, 0) is 81.7 Å². The number of hydrogen-bond acceptors (Lipinski definition) is 16. The molecule has 3 fully saturated rings. The number of nitrogens with two attached hydrogens (primary N) is 1. The van der Waals surface area contributed by atoms with Crippen LogP contribution >= 0.6 is 34.9 Å². The minimum absolute atomic E-state index is 0.0402. The number of aromatic nitrogens is 1. The zero-order valence-corrected chi connectivity index (χ0v) is 45.4. The van der Waals surface area contributed by atoms with Crippen molar-refractivity contribution in [2.45, 2.75) is 79.3 Å². The maximum absolute atomic E-state index is 13.4. The van der Waals surface area contributed by atoms with Crippen molar-refractivity contribution in [1.82, 2.24) is 30.7 Å². The van der Waals surface area contributed by atoms with Crippen LogP contribution in [0.5, 0.6) is 5.75 Å². The number of nitrogens with zero attached hydrogens (tertiary/aromatic N) is 4. The van der Waals surface area contributed by atoms with Crippen molar-refractivity contribution in [3.63, 3.8) is 0 Å². The fourth-order valence-corrected chi connectivity index (χ4v) is 11.6. The van der Waals surface area contributed by atoms with Gasteiger partial charge in [0.15, 0.2) is 5.13 Å². The summed E-state index contributed by atoms with van der Waals surface area (Å²) in [7, 11) is 1.55. The van der Waals surface area contributed by atoms with Crippen molar-refractivity contribution in [2.24, 2.45) is 5.73 Å². The number of anilines is 2. The van der Waals surface area contributed by atoms with Crippen LogP contribution < -0.4 is 36.6 Å². The molecule has 6 N–H and O–H groups in total. The summed E-state index contributed by atoms with van der Waals surface area (Å²) in [4.78, 5) is 82.9. The molecule has 3 aromatic rings. The molecule has 3 aliphatic rings. The smallest absolute Gasteiger partial charge is 0.315 e. The van der Waals surface area contributed by atoms with Gasteiger partial charge in [-0.3, -0.25) is 29.3 Å². The average molecular weight is 1080 g/mol. The van der Waals surface area contributed by atoms with Gasteiger partial charge in [-0.2, -0.15) is 11.8 Å². The van der Waals surface area contributed by atoms with E-state index in [1.807, 2.05) is 55.1 Å². The fraction of sp³-hybridized carbons (Fsp3) is 0.549. The first kappa shape index (κ1) is 59.4. The molecular formula is C51H73N9O11S3. The van der Waals surface area contributed by atoms with E-state index in [0.29, 0.717) is 119 Å². The number of hydrogen-bond donors (Lipinski definition) is 5. The Morgan fingerprint density at radius 1 is 0.892 bits per heavy atom. The molecule has 20 nitrogen and oxygen atoms in total. The molecule has 1 aromatic heterocycles. The number of amides is 7. The normalized spacial score (nSPS) is 16.8. The molecular weight excluding hydrogens is 1010 g/mol. The molecule has 2 aromatic carbocycles. The molecule has 0 saturated carbocycles. The molecule has 0 spiro atoms. The van der Waals surface area contributed by atoms with E-state index in [4.69, 9.17) is 29.4 Å². The van der Waals surface area contributed by atoms with E-state index in [1.54, 1.807) is 23.1 Å². The van der Waals surface area contributed by atoms with Crippen LogP contribution in [0.15, 0.2) is 64.4 Å². The summed E-state index contributed by atoms with van der Waals surface area (Å²) in [6.07, 6.45) is 6.58. The average Bonchev–Trinajstić information content (AvgIpc) is 4.12. The number of methoxy groups -OCH3 is 1. The SMILES string of the molecule is C=CC(=O)N1CCN(C(=O)c2cc(Sc3cnc(NC(=O)c4ccc(N(CC)CC)cc4)s3)c(C)cc2OC)CC1.NC(=O)CCOCCOCCOCCOCCNC(=O)CCCCC1SCC2NC(=O)NC21. The first-order valence-corrected chi connectivity index (χ1v) is 27.8. The van der Waals surface area contributed by atoms with Crippen LogP contribution in [-0.4, -0.2) is 179 Å². The van der Waals surface area contributed by atoms with Crippen molar-refractivity contribution in [2.75, 3.05) is 122 Å². The van der Waals surface area contributed by atoms with Crippen LogP contribution in [-0.2, 0) is 33.3 Å². The van der Waals surface area contributed by atoms with Gasteiger partial charge < -0.3 is 60.1 Å². The highest BCUT2D eigenvalue weighted by Gasteiger charge is 2.42. The maximum atomic E-state index is 13.4. The van der Waals surface area contributed by atoms with Crippen molar-refractivity contribution >= 4 is 81.2 Å². The lowest BCUT2D eigenvalue weighted by Gasteiger charge is -2.34. The summed E-state index contributed by atoms with van der Waals surface area (Å²) in [6, 6.07) is 11.7. The van der Waals surface area contributed by atoms with E-state index in [9.17, 15) is 28.8 Å². The lowest BCUT2D eigenvalue weighted by atomic mass is 10.0. The van der Waals surface area contributed by atoms with Gasteiger partial charge in [-0.1, -0.05) is 36.1 Å². The summed E-state index contributed by atoms with van der Waals surface area (Å²) in [5.41, 5.74) is 8.07. The third kappa shape index (κ3) is 19.4. The standard InChI is InChI=1S/C30H35N5O4S2.C21H38N4O7S/c1-6-26(36)34-13-15-35(16-14-34)29(38)23-18-25(20(4)17-24(23)39-5)40-27-19-31-30(41-27)32-28(37)21-9-11-22(12-10-21)33(7-2)8-3;22-18(26)5-7-29-9-11-31-13-14-32-12-10-30-8-6-23-19(27)4-2-1-3-17-20-16(15-33-17)24-21(28)25-20/h6,9-12,17-19H,1,7-8,13-16H2,2-5H3,(H,31,32,37);16-17,20H,1-15H2,(H2,22,26)(H,23,27)(H2,24,25,28). The van der Waals surface area contributed by atoms with Crippen LogP contribution in [0.3, 0.4) is 0 Å². The Hall–Kier alpha value is -5.43. The summed E-state index contributed by atoms with van der Waals surface area (Å²) in [6.45, 7) is 17.3. The maximum Gasteiger partial charge on any atom is 0.315 e. The Balaban J connectivity index is 0.000000281. The van der Waals surface area contributed by atoms with Crippen LogP contribution in [0.2, 0.25) is 0 Å². The number of aryl methyl sites for hydroxylation is 1. The lowest BCUT2D eigenvalue weighted by molar-refractivity contribution is -0.127. The number of fused-ring (bicyclic) bond motifs is 1. The molecule has 0 radical (unpaired) electrons. The number of benzene rings is 2. The predicted molar refractivity (Wildman–Crippen MR) is 289 cm³/mol. The molecule has 0 bridgehead atoms. The Bertz CT molecular complexity index is 2300. The van der Waals surface area contributed by atoms with Gasteiger partial charge in [-0.15, -0.1) is 0 Å². The van der Waals surface area contributed by atoms with E-state index in [1.165, 1.54) is 29.2 Å². The molecule has 23 heteroatoms.